The van der Waals surface area contributed by atoms with Crippen LogP contribution in [0.2, 0.25) is 0 Å². The van der Waals surface area contributed by atoms with Gasteiger partial charge in [-0.15, -0.1) is 0 Å². The van der Waals surface area contributed by atoms with Gasteiger partial charge in [0, 0.05) is 6.92 Å². The van der Waals surface area contributed by atoms with Crippen LogP contribution in [0.5, 0.6) is 0 Å². The predicted molar refractivity (Wildman–Crippen MR) is 21.0 cm³/mol. The Balaban J connectivity index is 2.97. The second-order valence-electron chi connectivity index (χ2n) is 0.829. The summed E-state index contributed by atoms with van der Waals surface area (Å²) >= 11 is 0. The highest BCUT2D eigenvalue weighted by Crippen LogP contribution is 1.61. The maximum absolute atomic E-state index is 9.76. The number of nitrogens with one attached hydrogen (secondary N) is 1. The number of hydroxylamine groups is 1. The van der Waals surface area contributed by atoms with Crippen molar-refractivity contribution in [1.29, 1.82) is 0 Å². The first kappa shape index (κ1) is 5.94. The Hall–Kier alpha value is -1.06. The largest absolute Gasteiger partial charge is 0.341 e. The molecule has 0 fully saturated rings. The summed E-state index contributed by atoms with van der Waals surface area (Å²) in [5.41, 5.74) is 1.72. The first-order valence-electron chi connectivity index (χ1n) is 1.64. The van der Waals surface area contributed by atoms with Crippen molar-refractivity contribution in [2.75, 3.05) is 0 Å². The molecule has 0 atom stereocenters. The zero-order chi connectivity index (χ0) is 5.70. The van der Waals surface area contributed by atoms with E-state index in [1.54, 1.807) is 5.48 Å². The van der Waals surface area contributed by atoms with E-state index in [9.17, 15) is 9.59 Å². The molecule has 0 spiro atoms. The monoisotopic (exact) mass is 103 g/mol. The molecule has 40 valence electrons. The first-order chi connectivity index (χ1) is 3.27. The molecule has 0 aliphatic carbocycles. The molecule has 1 N–H and O–H groups in total. The molecule has 7 heavy (non-hydrogen) atoms. The minimum absolute atomic E-state index is 0.279. The number of carbonyl (C=O) groups is 2. The molecule has 4 heteroatoms. The fourth-order valence-corrected chi connectivity index (χ4v) is 0.107. The maximum atomic E-state index is 9.76. The van der Waals surface area contributed by atoms with Gasteiger partial charge < -0.3 is 4.84 Å². The van der Waals surface area contributed by atoms with Gasteiger partial charge in [-0.05, 0) is 0 Å². The van der Waals surface area contributed by atoms with E-state index in [1.165, 1.54) is 6.92 Å². The third-order valence-electron chi connectivity index (χ3n) is 0.251. The molecule has 4 nitrogen and oxygen atoms in total. The summed E-state index contributed by atoms with van der Waals surface area (Å²) in [5, 5.41) is 0. The summed E-state index contributed by atoms with van der Waals surface area (Å²) in [5.74, 6) is -0.535. The number of amides is 1. The number of hydrogen-bond acceptors (Lipinski definition) is 3. The van der Waals surface area contributed by atoms with Crippen LogP contribution in [0.25, 0.3) is 0 Å². The van der Waals surface area contributed by atoms with E-state index in [0.29, 0.717) is 0 Å². The Morgan fingerprint density at radius 3 is 2.57 bits per heavy atom. The van der Waals surface area contributed by atoms with Crippen LogP contribution in [0.4, 0.5) is 0 Å². The molecule has 0 aromatic rings. The van der Waals surface area contributed by atoms with Crippen LogP contribution in [0.3, 0.4) is 0 Å². The Kier molecular flexibility index (Phi) is 2.67. The Morgan fingerprint density at radius 1 is 1.86 bits per heavy atom. The second kappa shape index (κ2) is 3.14. The average Bonchev–Trinajstić information content (AvgIpc) is 1.61. The predicted octanol–water partition coefficient (Wildman–Crippen LogP) is -0.790. The lowest BCUT2D eigenvalue weighted by Gasteiger charge is -1.90. The van der Waals surface area contributed by atoms with Crippen molar-refractivity contribution in [1.82, 2.24) is 5.48 Å². The van der Waals surface area contributed by atoms with Crippen molar-refractivity contribution in [3.63, 3.8) is 0 Å². The molecule has 0 radical (unpaired) electrons. The molecule has 0 saturated carbocycles. The molecule has 0 aromatic heterocycles. The van der Waals surface area contributed by atoms with Crippen LogP contribution in [-0.2, 0) is 14.4 Å². The molecule has 0 rings (SSSR count). The summed E-state index contributed by atoms with van der Waals surface area (Å²) in [4.78, 5) is 23.0. The number of rotatable bonds is 2. The minimum Gasteiger partial charge on any atom is -0.341 e. The SMILES string of the molecule is CC(=O)ONC=O. The van der Waals surface area contributed by atoms with Gasteiger partial charge in [-0.25, -0.2) is 0 Å². The molecule has 1 amide bonds. The van der Waals surface area contributed by atoms with Crippen molar-refractivity contribution < 1.29 is 14.4 Å². The van der Waals surface area contributed by atoms with Gasteiger partial charge in [0.15, 0.2) is 0 Å². The van der Waals surface area contributed by atoms with Crippen molar-refractivity contribution in [2.45, 2.75) is 6.92 Å². The molecule has 0 unspecified atom stereocenters. The maximum Gasteiger partial charge on any atom is 0.329 e. The van der Waals surface area contributed by atoms with Gasteiger partial charge in [0.25, 0.3) is 0 Å². The summed E-state index contributed by atoms with van der Waals surface area (Å²) < 4.78 is 0. The molecule has 0 aromatic carbocycles. The summed E-state index contributed by atoms with van der Waals surface area (Å²) in [7, 11) is 0. The van der Waals surface area contributed by atoms with Gasteiger partial charge in [0.2, 0.25) is 6.41 Å². The van der Waals surface area contributed by atoms with Crippen molar-refractivity contribution in [3.05, 3.63) is 0 Å². The lowest BCUT2D eigenvalue weighted by Crippen LogP contribution is -2.14. The summed E-state index contributed by atoms with van der Waals surface area (Å²) in [6.07, 6.45) is 0.279. The van der Waals surface area contributed by atoms with Gasteiger partial charge in [0.1, 0.15) is 0 Å². The summed E-state index contributed by atoms with van der Waals surface area (Å²) in [6.45, 7) is 1.19. The van der Waals surface area contributed by atoms with E-state index in [-0.39, 0.29) is 6.41 Å². The third-order valence-corrected chi connectivity index (χ3v) is 0.251. The second-order valence-corrected chi connectivity index (χ2v) is 0.829. The molecule has 0 aliphatic heterocycles. The smallest absolute Gasteiger partial charge is 0.329 e. The van der Waals surface area contributed by atoms with Crippen LogP contribution in [0.15, 0.2) is 0 Å². The fraction of sp³-hybridized carbons (Fsp3) is 0.333. The zero-order valence-electron chi connectivity index (χ0n) is 3.80. The third kappa shape index (κ3) is 4.94. The Labute approximate surface area is 40.4 Å². The van der Waals surface area contributed by atoms with Crippen LogP contribution in [-0.4, -0.2) is 12.4 Å². The van der Waals surface area contributed by atoms with Crippen LogP contribution in [0, 0.1) is 0 Å². The van der Waals surface area contributed by atoms with E-state index in [4.69, 9.17) is 0 Å². The lowest BCUT2D eigenvalue weighted by atomic mass is 10.8. The quantitative estimate of drug-likeness (QED) is 0.368. The molecular formula is C3H5NO3. The van der Waals surface area contributed by atoms with E-state index in [1.807, 2.05) is 0 Å². The topological polar surface area (TPSA) is 55.4 Å². The van der Waals surface area contributed by atoms with Crippen molar-refractivity contribution in [2.24, 2.45) is 0 Å². The highest BCUT2D eigenvalue weighted by molar-refractivity contribution is 5.66. The van der Waals surface area contributed by atoms with E-state index in [2.05, 4.69) is 4.84 Å². The van der Waals surface area contributed by atoms with E-state index < -0.39 is 5.97 Å². The van der Waals surface area contributed by atoms with E-state index in [0.717, 1.165) is 0 Å². The molecule has 0 saturated heterocycles. The summed E-state index contributed by atoms with van der Waals surface area (Å²) in [6, 6.07) is 0. The number of carbonyl (C=O) groups excluding carboxylic acids is 2. The Bertz CT molecular complexity index is 80.2. The minimum atomic E-state index is -0.535. The van der Waals surface area contributed by atoms with Crippen LogP contribution < -0.4 is 5.48 Å². The zero-order valence-corrected chi connectivity index (χ0v) is 3.80. The highest BCUT2D eigenvalue weighted by Gasteiger charge is 1.84. The van der Waals surface area contributed by atoms with Gasteiger partial charge in [-0.3, -0.25) is 9.59 Å². The Morgan fingerprint density at radius 2 is 2.43 bits per heavy atom. The first-order valence-corrected chi connectivity index (χ1v) is 1.64. The van der Waals surface area contributed by atoms with Gasteiger partial charge in [0.05, 0.1) is 0 Å². The lowest BCUT2D eigenvalue weighted by molar-refractivity contribution is -0.151. The highest BCUT2D eigenvalue weighted by atomic mass is 16.7. The van der Waals surface area contributed by atoms with Gasteiger partial charge in [-0.1, -0.05) is 0 Å². The van der Waals surface area contributed by atoms with Crippen LogP contribution >= 0.6 is 0 Å². The van der Waals surface area contributed by atoms with Gasteiger partial charge in [-0.2, -0.15) is 5.48 Å². The molecule has 0 aliphatic rings. The average molecular weight is 103 g/mol. The van der Waals surface area contributed by atoms with Gasteiger partial charge >= 0.3 is 5.97 Å². The van der Waals surface area contributed by atoms with E-state index >= 15 is 0 Å². The normalized spacial score (nSPS) is 7.00. The number of hydrogen-bond donors (Lipinski definition) is 1. The molecular weight excluding hydrogens is 98.0 g/mol. The van der Waals surface area contributed by atoms with Crippen molar-refractivity contribution in [3.8, 4) is 0 Å². The molecule has 0 bridgehead atoms. The van der Waals surface area contributed by atoms with Crippen molar-refractivity contribution >= 4 is 12.4 Å². The van der Waals surface area contributed by atoms with Crippen LogP contribution in [0.1, 0.15) is 6.92 Å². The standard InChI is InChI=1S/C3H5NO3/c1-3(6)7-4-2-5/h2H,1H3,(H,4,5). The molecule has 0 heterocycles. The fourth-order valence-electron chi connectivity index (χ4n) is 0.107.